The van der Waals surface area contributed by atoms with E-state index in [1.165, 1.54) is 32.1 Å². The summed E-state index contributed by atoms with van der Waals surface area (Å²) in [6.45, 7) is 1.85. The van der Waals surface area contributed by atoms with Crippen LogP contribution in [0.25, 0.3) is 11.3 Å². The molecule has 4 aliphatic rings. The third kappa shape index (κ3) is 5.29. The number of nitrogen functional groups attached to an aromatic ring is 1. The molecule has 0 spiro atoms. The second kappa shape index (κ2) is 10.7. The standard InChI is InChI=1S/C26H33BrClN5O3/c27-19-10-20(28)17(9-22(19)36-8-4-7-34)23-18-14-33(15-21(18)31-24(29)32-23)25(35)30-6-3-1-2-5-26-11-16(12-26)13-26/h9-10,16,34H,1-8,11-15H2,(H,30,35)(H2,29,31,32). The molecule has 194 valence electrons. The number of aliphatic hydroxyl groups excluding tert-OH is 1. The van der Waals surface area contributed by atoms with E-state index in [2.05, 4.69) is 31.2 Å². The molecule has 3 fully saturated rings. The fourth-order valence-electron chi connectivity index (χ4n) is 5.78. The lowest BCUT2D eigenvalue weighted by Crippen LogP contribution is -2.51. The van der Waals surface area contributed by atoms with Gasteiger partial charge in [-0.2, -0.15) is 0 Å². The van der Waals surface area contributed by atoms with Gasteiger partial charge in [-0.1, -0.05) is 24.4 Å². The van der Waals surface area contributed by atoms with Crippen LogP contribution in [0.3, 0.4) is 0 Å². The molecule has 4 N–H and O–H groups in total. The Morgan fingerprint density at radius 2 is 2.03 bits per heavy atom. The SMILES string of the molecule is Nc1nc2c(c(-c3cc(OCCCO)c(Br)cc3Cl)n1)CN(C(=O)NCCCCCC13CC(C1)C3)C2. The van der Waals surface area contributed by atoms with Crippen LogP contribution in [0.1, 0.15) is 62.6 Å². The molecule has 36 heavy (non-hydrogen) atoms. The smallest absolute Gasteiger partial charge is 0.318 e. The summed E-state index contributed by atoms with van der Waals surface area (Å²) in [5, 5.41) is 12.6. The summed E-state index contributed by atoms with van der Waals surface area (Å²) < 4.78 is 6.50. The van der Waals surface area contributed by atoms with Crippen LogP contribution in [0.15, 0.2) is 16.6 Å². The Balaban J connectivity index is 1.20. The maximum Gasteiger partial charge on any atom is 0.318 e. The molecule has 10 heteroatoms. The number of urea groups is 1. The maximum atomic E-state index is 12.9. The highest BCUT2D eigenvalue weighted by Gasteiger charge is 2.55. The van der Waals surface area contributed by atoms with Crippen LogP contribution in [0.5, 0.6) is 5.75 Å². The summed E-state index contributed by atoms with van der Waals surface area (Å²) in [6, 6.07) is 3.46. The first-order valence-corrected chi connectivity index (χ1v) is 14.0. The molecule has 2 amide bonds. The molecular formula is C26H33BrClN5O3. The van der Waals surface area contributed by atoms with Crippen molar-refractivity contribution in [1.82, 2.24) is 20.2 Å². The molecule has 2 bridgehead atoms. The third-order valence-corrected chi connectivity index (χ3v) is 8.68. The van der Waals surface area contributed by atoms with Crippen molar-refractivity contribution in [2.45, 2.75) is 64.5 Å². The van der Waals surface area contributed by atoms with Crippen molar-refractivity contribution in [2.24, 2.45) is 11.3 Å². The lowest BCUT2D eigenvalue weighted by atomic mass is 9.43. The number of hydrogen-bond donors (Lipinski definition) is 3. The van der Waals surface area contributed by atoms with E-state index in [1.807, 2.05) is 6.07 Å². The monoisotopic (exact) mass is 577 g/mol. The molecule has 0 radical (unpaired) electrons. The Hall–Kier alpha value is -2.10. The molecule has 6 rings (SSSR count). The lowest BCUT2D eigenvalue weighted by molar-refractivity contribution is -0.113. The van der Waals surface area contributed by atoms with Crippen LogP contribution in [0, 0.1) is 11.3 Å². The molecule has 3 saturated carbocycles. The second-order valence-electron chi connectivity index (χ2n) is 10.4. The van der Waals surface area contributed by atoms with Gasteiger partial charge in [0.05, 0.1) is 40.6 Å². The molecule has 2 aromatic rings. The fraction of sp³-hybridized carbons (Fsp3) is 0.577. The number of amides is 2. The van der Waals surface area contributed by atoms with E-state index in [0.717, 1.165) is 30.0 Å². The number of nitrogens with one attached hydrogen (secondary N) is 1. The number of nitrogens with zero attached hydrogens (tertiary/aromatic N) is 3. The van der Waals surface area contributed by atoms with E-state index < -0.39 is 0 Å². The average molecular weight is 579 g/mol. The van der Waals surface area contributed by atoms with Gasteiger partial charge in [0, 0.05) is 30.7 Å². The van der Waals surface area contributed by atoms with Gasteiger partial charge in [0.15, 0.2) is 0 Å². The van der Waals surface area contributed by atoms with Crippen LogP contribution < -0.4 is 15.8 Å². The molecule has 1 aliphatic heterocycles. The number of fused-ring (bicyclic) bond motifs is 1. The van der Waals surface area contributed by atoms with Crippen molar-refractivity contribution in [3.05, 3.63) is 32.9 Å². The summed E-state index contributed by atoms with van der Waals surface area (Å²) in [4.78, 5) is 23.5. The number of aromatic nitrogens is 2. The fourth-order valence-corrected chi connectivity index (χ4v) is 6.62. The molecule has 1 aromatic carbocycles. The number of anilines is 1. The molecule has 3 aliphatic carbocycles. The van der Waals surface area contributed by atoms with E-state index >= 15 is 0 Å². The summed E-state index contributed by atoms with van der Waals surface area (Å²) >= 11 is 10.1. The summed E-state index contributed by atoms with van der Waals surface area (Å²) in [5.74, 6) is 1.77. The highest BCUT2D eigenvalue weighted by molar-refractivity contribution is 9.10. The van der Waals surface area contributed by atoms with Crippen molar-refractivity contribution in [1.29, 1.82) is 0 Å². The minimum atomic E-state index is -0.105. The number of halogens is 2. The first-order chi connectivity index (χ1) is 17.4. The number of carbonyl (C=O) groups excluding carboxylic acids is 1. The van der Waals surface area contributed by atoms with Crippen LogP contribution in [-0.4, -0.2) is 45.8 Å². The summed E-state index contributed by atoms with van der Waals surface area (Å²) in [5.41, 5.74) is 9.57. The van der Waals surface area contributed by atoms with Gasteiger partial charge in [-0.25, -0.2) is 14.8 Å². The predicted molar refractivity (Wildman–Crippen MR) is 143 cm³/mol. The predicted octanol–water partition coefficient (Wildman–Crippen LogP) is 5.29. The minimum Gasteiger partial charge on any atom is -0.492 e. The van der Waals surface area contributed by atoms with Gasteiger partial charge in [0.2, 0.25) is 5.95 Å². The van der Waals surface area contributed by atoms with Crippen molar-refractivity contribution < 1.29 is 14.6 Å². The Morgan fingerprint density at radius 3 is 2.75 bits per heavy atom. The number of carbonyl (C=O) groups is 1. The largest absolute Gasteiger partial charge is 0.492 e. The van der Waals surface area contributed by atoms with E-state index in [0.29, 0.717) is 64.6 Å². The Bertz CT molecular complexity index is 1130. The van der Waals surface area contributed by atoms with Crippen molar-refractivity contribution in [2.75, 3.05) is 25.5 Å². The Morgan fingerprint density at radius 1 is 1.22 bits per heavy atom. The molecule has 2 heterocycles. The highest BCUT2D eigenvalue weighted by atomic mass is 79.9. The van der Waals surface area contributed by atoms with Crippen LogP contribution in [-0.2, 0) is 13.1 Å². The topological polar surface area (TPSA) is 114 Å². The number of benzene rings is 1. The molecule has 8 nitrogen and oxygen atoms in total. The number of ether oxygens (including phenoxy) is 1. The van der Waals surface area contributed by atoms with Gasteiger partial charge in [-0.05, 0) is 71.5 Å². The normalized spacial score (nSPS) is 21.5. The van der Waals surface area contributed by atoms with Gasteiger partial charge >= 0.3 is 6.03 Å². The maximum absolute atomic E-state index is 12.9. The summed E-state index contributed by atoms with van der Waals surface area (Å²) in [6.07, 6.45) is 9.66. The zero-order valence-corrected chi connectivity index (χ0v) is 22.7. The number of aliphatic hydroxyl groups is 1. The molecule has 0 atom stereocenters. The third-order valence-electron chi connectivity index (χ3n) is 7.75. The lowest BCUT2D eigenvalue weighted by Gasteiger charge is -2.62. The van der Waals surface area contributed by atoms with Crippen molar-refractivity contribution in [3.63, 3.8) is 0 Å². The quantitative estimate of drug-likeness (QED) is 0.312. The van der Waals surface area contributed by atoms with Gasteiger partial charge < -0.3 is 25.8 Å². The van der Waals surface area contributed by atoms with Crippen LogP contribution >= 0.6 is 27.5 Å². The Labute approximate surface area is 225 Å². The van der Waals surface area contributed by atoms with Crippen LogP contribution in [0.2, 0.25) is 5.02 Å². The molecule has 0 saturated heterocycles. The van der Waals surface area contributed by atoms with Gasteiger partial charge in [-0.3, -0.25) is 0 Å². The van der Waals surface area contributed by atoms with Crippen LogP contribution in [0.4, 0.5) is 10.7 Å². The zero-order valence-electron chi connectivity index (χ0n) is 20.4. The van der Waals surface area contributed by atoms with E-state index in [1.54, 1.807) is 11.0 Å². The summed E-state index contributed by atoms with van der Waals surface area (Å²) in [7, 11) is 0. The molecule has 1 aromatic heterocycles. The first-order valence-electron chi connectivity index (χ1n) is 12.8. The molecule has 0 unspecified atom stereocenters. The average Bonchev–Trinajstić information content (AvgIpc) is 3.21. The van der Waals surface area contributed by atoms with E-state index in [9.17, 15) is 4.79 Å². The van der Waals surface area contributed by atoms with E-state index in [-0.39, 0.29) is 18.6 Å². The highest BCUT2D eigenvalue weighted by Crippen LogP contribution is 2.66. The second-order valence-corrected chi connectivity index (χ2v) is 11.7. The number of nitrogens with two attached hydrogens (primary N) is 1. The van der Waals surface area contributed by atoms with Crippen molar-refractivity contribution >= 4 is 39.5 Å². The number of rotatable bonds is 11. The zero-order chi connectivity index (χ0) is 25.3. The van der Waals surface area contributed by atoms with Gasteiger partial charge in [0.25, 0.3) is 0 Å². The van der Waals surface area contributed by atoms with E-state index in [4.69, 9.17) is 27.2 Å². The van der Waals surface area contributed by atoms with Gasteiger partial charge in [0.1, 0.15) is 5.75 Å². The number of hydrogen-bond acceptors (Lipinski definition) is 6. The number of unbranched alkanes of at least 4 members (excludes halogenated alkanes) is 2. The van der Waals surface area contributed by atoms with Gasteiger partial charge in [-0.15, -0.1) is 0 Å². The molecular weight excluding hydrogens is 546 g/mol. The van der Waals surface area contributed by atoms with Crippen molar-refractivity contribution in [3.8, 4) is 17.0 Å². The minimum absolute atomic E-state index is 0.0486. The Kier molecular flexibility index (Phi) is 7.60. The first kappa shape index (κ1) is 25.5.